The zero-order valence-electron chi connectivity index (χ0n) is 12.5. The molecule has 0 spiro atoms. The molecule has 1 atom stereocenters. The maximum atomic E-state index is 11.7. The second-order valence-electron chi connectivity index (χ2n) is 5.97. The minimum absolute atomic E-state index is 0.0219. The predicted molar refractivity (Wildman–Crippen MR) is 75.6 cm³/mol. The first-order valence-corrected chi connectivity index (χ1v) is 7.19. The molecule has 0 aliphatic heterocycles. The average molecular weight is 286 g/mol. The van der Waals surface area contributed by atoms with Gasteiger partial charge in [-0.15, -0.1) is 0 Å². The summed E-state index contributed by atoms with van der Waals surface area (Å²) >= 11 is 0. The largest absolute Gasteiger partial charge is 0.481 e. The SMILES string of the molecule is COC1CC(NC(=O)NC[C@H](CC(=O)O)CC(C)C)C1. The first kappa shape index (κ1) is 16.8. The van der Waals surface area contributed by atoms with Gasteiger partial charge in [0, 0.05) is 26.1 Å². The number of aliphatic carboxylic acids is 1. The molecule has 0 aromatic rings. The van der Waals surface area contributed by atoms with Crippen LogP contribution in [0.15, 0.2) is 0 Å². The molecule has 6 heteroatoms. The van der Waals surface area contributed by atoms with Crippen molar-refractivity contribution in [3.63, 3.8) is 0 Å². The lowest BCUT2D eigenvalue weighted by Crippen LogP contribution is -2.51. The van der Waals surface area contributed by atoms with Gasteiger partial charge in [-0.2, -0.15) is 0 Å². The highest BCUT2D eigenvalue weighted by molar-refractivity contribution is 5.74. The van der Waals surface area contributed by atoms with Crippen LogP contribution in [0.3, 0.4) is 0 Å². The van der Waals surface area contributed by atoms with Crippen molar-refractivity contribution >= 4 is 12.0 Å². The summed E-state index contributed by atoms with van der Waals surface area (Å²) in [6.07, 6.45) is 2.82. The normalized spacial score (nSPS) is 23.0. The fourth-order valence-electron chi connectivity index (χ4n) is 2.50. The number of carboxylic acid groups (broad SMARTS) is 1. The van der Waals surface area contributed by atoms with E-state index in [1.807, 2.05) is 13.8 Å². The molecule has 1 rings (SSSR count). The zero-order chi connectivity index (χ0) is 15.1. The highest BCUT2D eigenvalue weighted by Gasteiger charge is 2.30. The number of amides is 2. The Balaban J connectivity index is 2.24. The summed E-state index contributed by atoms with van der Waals surface area (Å²) in [6.45, 7) is 4.50. The van der Waals surface area contributed by atoms with Crippen molar-refractivity contribution in [1.29, 1.82) is 0 Å². The summed E-state index contributed by atoms with van der Waals surface area (Å²) in [5, 5.41) is 14.5. The van der Waals surface area contributed by atoms with Gasteiger partial charge >= 0.3 is 12.0 Å². The van der Waals surface area contributed by atoms with E-state index in [-0.39, 0.29) is 30.5 Å². The molecule has 0 radical (unpaired) electrons. The predicted octanol–water partition coefficient (Wildman–Crippen LogP) is 1.60. The van der Waals surface area contributed by atoms with Crippen molar-refractivity contribution in [2.24, 2.45) is 11.8 Å². The van der Waals surface area contributed by atoms with Crippen LogP contribution in [0, 0.1) is 11.8 Å². The Bertz CT molecular complexity index is 327. The quantitative estimate of drug-likeness (QED) is 0.632. The van der Waals surface area contributed by atoms with Crippen LogP contribution in [-0.2, 0) is 9.53 Å². The lowest BCUT2D eigenvalue weighted by atomic mass is 9.89. The maximum absolute atomic E-state index is 11.7. The van der Waals surface area contributed by atoms with E-state index in [0.29, 0.717) is 12.5 Å². The fraction of sp³-hybridized carbons (Fsp3) is 0.857. The van der Waals surface area contributed by atoms with E-state index >= 15 is 0 Å². The number of urea groups is 1. The molecule has 1 aliphatic carbocycles. The third-order valence-electron chi connectivity index (χ3n) is 3.58. The van der Waals surface area contributed by atoms with E-state index < -0.39 is 5.97 Å². The molecule has 1 aliphatic rings. The number of carbonyl (C=O) groups is 2. The smallest absolute Gasteiger partial charge is 0.315 e. The molecule has 20 heavy (non-hydrogen) atoms. The summed E-state index contributed by atoms with van der Waals surface area (Å²) < 4.78 is 5.15. The number of methoxy groups -OCH3 is 1. The lowest BCUT2D eigenvalue weighted by Gasteiger charge is -2.34. The van der Waals surface area contributed by atoms with Crippen molar-refractivity contribution in [3.05, 3.63) is 0 Å². The highest BCUT2D eigenvalue weighted by Crippen LogP contribution is 2.22. The lowest BCUT2D eigenvalue weighted by molar-refractivity contribution is -0.138. The average Bonchev–Trinajstić information content (AvgIpc) is 2.28. The van der Waals surface area contributed by atoms with Crippen LogP contribution in [0.25, 0.3) is 0 Å². The van der Waals surface area contributed by atoms with E-state index in [0.717, 1.165) is 19.3 Å². The molecular formula is C14H26N2O4. The Morgan fingerprint density at radius 2 is 2.00 bits per heavy atom. The van der Waals surface area contributed by atoms with E-state index in [1.54, 1.807) is 7.11 Å². The zero-order valence-corrected chi connectivity index (χ0v) is 12.5. The van der Waals surface area contributed by atoms with Gasteiger partial charge in [0.05, 0.1) is 6.10 Å². The van der Waals surface area contributed by atoms with Crippen molar-refractivity contribution in [2.45, 2.75) is 51.7 Å². The number of ether oxygens (including phenoxy) is 1. The van der Waals surface area contributed by atoms with Gasteiger partial charge in [-0.3, -0.25) is 4.79 Å². The van der Waals surface area contributed by atoms with Crippen LogP contribution in [0.5, 0.6) is 0 Å². The molecular weight excluding hydrogens is 260 g/mol. The summed E-state index contributed by atoms with van der Waals surface area (Å²) in [7, 11) is 1.67. The number of carbonyl (C=O) groups excluding carboxylic acids is 1. The molecule has 3 N–H and O–H groups in total. The molecule has 1 fully saturated rings. The molecule has 0 saturated heterocycles. The van der Waals surface area contributed by atoms with Crippen LogP contribution >= 0.6 is 0 Å². The standard InChI is InChI=1S/C14H26N2O4/c1-9(2)4-10(5-13(17)18)8-15-14(19)16-11-6-12(7-11)20-3/h9-12H,4-8H2,1-3H3,(H,17,18)(H2,15,16,19)/t10-,11?,12?/m0/s1. The first-order valence-electron chi connectivity index (χ1n) is 7.19. The highest BCUT2D eigenvalue weighted by atomic mass is 16.5. The summed E-state index contributed by atoms with van der Waals surface area (Å²) in [5.74, 6) is -0.426. The van der Waals surface area contributed by atoms with Gasteiger partial charge in [-0.05, 0) is 31.1 Å². The monoisotopic (exact) mass is 286 g/mol. The Morgan fingerprint density at radius 3 is 2.50 bits per heavy atom. The maximum Gasteiger partial charge on any atom is 0.315 e. The second kappa shape index (κ2) is 8.09. The second-order valence-corrected chi connectivity index (χ2v) is 5.97. The Hall–Kier alpha value is -1.30. The van der Waals surface area contributed by atoms with Gasteiger partial charge in [0.25, 0.3) is 0 Å². The van der Waals surface area contributed by atoms with E-state index in [1.165, 1.54) is 0 Å². The summed E-state index contributed by atoms with van der Waals surface area (Å²) in [5.41, 5.74) is 0. The van der Waals surface area contributed by atoms with Crippen LogP contribution in [0.2, 0.25) is 0 Å². The minimum atomic E-state index is -0.820. The van der Waals surface area contributed by atoms with Crippen molar-refractivity contribution in [2.75, 3.05) is 13.7 Å². The van der Waals surface area contributed by atoms with Crippen molar-refractivity contribution in [3.8, 4) is 0 Å². The molecule has 0 unspecified atom stereocenters. The number of hydrogen-bond acceptors (Lipinski definition) is 3. The summed E-state index contributed by atoms with van der Waals surface area (Å²) in [6, 6.07) is -0.0494. The molecule has 116 valence electrons. The minimum Gasteiger partial charge on any atom is -0.481 e. The van der Waals surface area contributed by atoms with Crippen LogP contribution in [0.4, 0.5) is 4.79 Å². The van der Waals surface area contributed by atoms with Crippen LogP contribution in [0.1, 0.15) is 39.5 Å². The topological polar surface area (TPSA) is 87.7 Å². The van der Waals surface area contributed by atoms with Gasteiger partial charge in [0.2, 0.25) is 0 Å². The van der Waals surface area contributed by atoms with Crippen molar-refractivity contribution < 1.29 is 19.4 Å². The number of hydrogen-bond donors (Lipinski definition) is 3. The van der Waals surface area contributed by atoms with Gasteiger partial charge in [0.1, 0.15) is 0 Å². The number of carboxylic acids is 1. The number of rotatable bonds is 8. The van der Waals surface area contributed by atoms with Gasteiger partial charge in [0.15, 0.2) is 0 Å². The molecule has 0 aromatic heterocycles. The molecule has 0 heterocycles. The third kappa shape index (κ3) is 6.23. The van der Waals surface area contributed by atoms with Crippen LogP contribution < -0.4 is 10.6 Å². The molecule has 6 nitrogen and oxygen atoms in total. The third-order valence-corrected chi connectivity index (χ3v) is 3.58. The van der Waals surface area contributed by atoms with Crippen LogP contribution in [-0.4, -0.2) is 42.9 Å². The molecule has 2 amide bonds. The first-order chi connectivity index (χ1) is 9.40. The fourth-order valence-corrected chi connectivity index (χ4v) is 2.50. The Morgan fingerprint density at radius 1 is 1.35 bits per heavy atom. The number of nitrogens with one attached hydrogen (secondary N) is 2. The van der Waals surface area contributed by atoms with E-state index in [2.05, 4.69) is 10.6 Å². The van der Waals surface area contributed by atoms with Gasteiger partial charge in [-0.1, -0.05) is 13.8 Å². The summed E-state index contributed by atoms with van der Waals surface area (Å²) in [4.78, 5) is 22.5. The van der Waals surface area contributed by atoms with Gasteiger partial charge in [-0.25, -0.2) is 4.79 Å². The van der Waals surface area contributed by atoms with E-state index in [4.69, 9.17) is 9.84 Å². The van der Waals surface area contributed by atoms with E-state index in [9.17, 15) is 9.59 Å². The molecule has 0 aromatic carbocycles. The van der Waals surface area contributed by atoms with Crippen molar-refractivity contribution in [1.82, 2.24) is 10.6 Å². The Kier molecular flexibility index (Phi) is 6.78. The molecule has 1 saturated carbocycles. The van der Waals surface area contributed by atoms with Gasteiger partial charge < -0.3 is 20.5 Å². The Labute approximate surface area is 120 Å². The molecule has 0 bridgehead atoms.